The molecule has 0 unspecified atom stereocenters. The van der Waals surface area contributed by atoms with Crippen LogP contribution in [0.15, 0.2) is 59.2 Å². The fourth-order valence-corrected chi connectivity index (χ4v) is 4.98. The molecule has 2 heterocycles. The van der Waals surface area contributed by atoms with Gasteiger partial charge in [0.25, 0.3) is 0 Å². The van der Waals surface area contributed by atoms with Gasteiger partial charge in [-0.2, -0.15) is 13.2 Å². The second kappa shape index (κ2) is 8.91. The fraction of sp³-hybridized carbons (Fsp3) is 0.174. The molecule has 4 nitrogen and oxygen atoms in total. The standard InChI is InChI=1S/C23H18F3N3OS2/c1-13-6-7-15(8-14(13)2)18-10-31-21-20(18)22(28-12-27-21)32-11-19(30)29-17-5-3-4-16(9-17)23(24,25)26/h3-10,12H,11H2,1-2H3,(H,29,30). The van der Waals surface area contributed by atoms with E-state index in [0.717, 1.165) is 33.5 Å². The molecule has 0 aliphatic rings. The quantitative estimate of drug-likeness (QED) is 0.258. The molecule has 0 atom stereocenters. The van der Waals surface area contributed by atoms with Crippen molar-refractivity contribution < 1.29 is 18.0 Å². The second-order valence-electron chi connectivity index (χ2n) is 7.22. The van der Waals surface area contributed by atoms with E-state index in [2.05, 4.69) is 41.3 Å². The van der Waals surface area contributed by atoms with Crippen LogP contribution in [0.5, 0.6) is 0 Å². The maximum Gasteiger partial charge on any atom is 0.416 e. The highest BCUT2D eigenvalue weighted by atomic mass is 32.2. The number of carbonyl (C=O) groups excluding carboxylic acids is 1. The van der Waals surface area contributed by atoms with Crippen LogP contribution >= 0.6 is 23.1 Å². The lowest BCUT2D eigenvalue weighted by molar-refractivity contribution is -0.137. The van der Waals surface area contributed by atoms with E-state index in [9.17, 15) is 18.0 Å². The number of aromatic nitrogens is 2. The van der Waals surface area contributed by atoms with E-state index in [0.29, 0.717) is 5.03 Å². The third-order valence-corrected chi connectivity index (χ3v) is 6.84. The molecule has 1 amide bonds. The third kappa shape index (κ3) is 4.78. The number of rotatable bonds is 5. The molecule has 0 aliphatic heterocycles. The number of nitrogens with one attached hydrogen (secondary N) is 1. The van der Waals surface area contributed by atoms with Crippen molar-refractivity contribution in [2.45, 2.75) is 25.0 Å². The molecule has 9 heteroatoms. The van der Waals surface area contributed by atoms with Crippen molar-refractivity contribution in [3.63, 3.8) is 0 Å². The lowest BCUT2D eigenvalue weighted by Crippen LogP contribution is -2.15. The summed E-state index contributed by atoms with van der Waals surface area (Å²) in [7, 11) is 0. The van der Waals surface area contributed by atoms with Crippen molar-refractivity contribution in [2.75, 3.05) is 11.1 Å². The lowest BCUT2D eigenvalue weighted by atomic mass is 10.0. The first-order valence-electron chi connectivity index (χ1n) is 9.62. The summed E-state index contributed by atoms with van der Waals surface area (Å²) < 4.78 is 38.7. The topological polar surface area (TPSA) is 54.9 Å². The van der Waals surface area contributed by atoms with Gasteiger partial charge in [-0.05, 0) is 48.7 Å². The van der Waals surface area contributed by atoms with Crippen LogP contribution in [0.1, 0.15) is 16.7 Å². The first-order valence-corrected chi connectivity index (χ1v) is 11.5. The first kappa shape index (κ1) is 22.3. The maximum atomic E-state index is 12.9. The highest BCUT2D eigenvalue weighted by Crippen LogP contribution is 2.38. The zero-order chi connectivity index (χ0) is 22.9. The van der Waals surface area contributed by atoms with Crippen LogP contribution < -0.4 is 5.32 Å². The molecule has 2 aromatic carbocycles. The number of nitrogens with zero attached hydrogens (tertiary/aromatic N) is 2. The summed E-state index contributed by atoms with van der Waals surface area (Å²) in [6, 6.07) is 10.8. The Hall–Kier alpha value is -2.91. The molecule has 0 aliphatic carbocycles. The van der Waals surface area contributed by atoms with Crippen molar-refractivity contribution in [2.24, 2.45) is 0 Å². The number of halogens is 3. The highest BCUT2D eigenvalue weighted by molar-refractivity contribution is 8.00. The Bertz CT molecular complexity index is 1300. The van der Waals surface area contributed by atoms with Gasteiger partial charge in [0.15, 0.2) is 0 Å². The number of benzene rings is 2. The van der Waals surface area contributed by atoms with Crippen LogP contribution in [-0.2, 0) is 11.0 Å². The molecule has 0 bridgehead atoms. The van der Waals surface area contributed by atoms with Crippen LogP contribution in [0.4, 0.5) is 18.9 Å². The van der Waals surface area contributed by atoms with Crippen molar-refractivity contribution >= 4 is 44.9 Å². The van der Waals surface area contributed by atoms with Gasteiger partial charge >= 0.3 is 6.18 Å². The third-order valence-electron chi connectivity index (χ3n) is 4.97. The van der Waals surface area contributed by atoms with E-state index in [1.165, 1.54) is 52.7 Å². The number of carbonyl (C=O) groups is 1. The normalized spacial score (nSPS) is 11.7. The Morgan fingerprint density at radius 2 is 1.91 bits per heavy atom. The largest absolute Gasteiger partial charge is 0.416 e. The monoisotopic (exact) mass is 473 g/mol. The molecule has 0 radical (unpaired) electrons. The molecule has 0 saturated heterocycles. The van der Waals surface area contributed by atoms with Crippen molar-refractivity contribution in [1.82, 2.24) is 9.97 Å². The van der Waals surface area contributed by atoms with Crippen LogP contribution in [0.3, 0.4) is 0 Å². The number of anilines is 1. The van der Waals surface area contributed by atoms with E-state index in [1.54, 1.807) is 0 Å². The number of thioether (sulfide) groups is 1. The number of aryl methyl sites for hydroxylation is 2. The summed E-state index contributed by atoms with van der Waals surface area (Å²) in [5.74, 6) is -0.408. The lowest BCUT2D eigenvalue weighted by Gasteiger charge is -2.10. The number of amides is 1. The van der Waals surface area contributed by atoms with E-state index in [4.69, 9.17) is 0 Å². The van der Waals surface area contributed by atoms with Crippen LogP contribution in [0.2, 0.25) is 0 Å². The molecular formula is C23H18F3N3OS2. The van der Waals surface area contributed by atoms with Gasteiger partial charge in [-0.3, -0.25) is 4.79 Å². The fourth-order valence-electron chi connectivity index (χ4n) is 3.18. The smallest absolute Gasteiger partial charge is 0.325 e. The van der Waals surface area contributed by atoms with Gasteiger partial charge in [0.05, 0.1) is 16.7 Å². The SMILES string of the molecule is Cc1ccc(-c2csc3ncnc(SCC(=O)Nc4cccc(C(F)(F)F)c4)c23)cc1C. The number of alkyl halides is 3. The molecule has 1 N–H and O–H groups in total. The van der Waals surface area contributed by atoms with Gasteiger partial charge in [-0.1, -0.05) is 36.0 Å². The predicted molar refractivity (Wildman–Crippen MR) is 123 cm³/mol. The van der Waals surface area contributed by atoms with E-state index in [1.807, 2.05) is 11.4 Å². The summed E-state index contributed by atoms with van der Waals surface area (Å²) >= 11 is 2.73. The van der Waals surface area contributed by atoms with E-state index >= 15 is 0 Å². The minimum absolute atomic E-state index is 0.00453. The van der Waals surface area contributed by atoms with Gasteiger partial charge < -0.3 is 5.32 Å². The zero-order valence-corrected chi connectivity index (χ0v) is 18.8. The summed E-state index contributed by atoms with van der Waals surface area (Å²) in [4.78, 5) is 21.9. The van der Waals surface area contributed by atoms with Crippen molar-refractivity contribution in [1.29, 1.82) is 0 Å². The van der Waals surface area contributed by atoms with Gasteiger partial charge in [0, 0.05) is 16.6 Å². The number of thiophene rings is 1. The van der Waals surface area contributed by atoms with Gasteiger partial charge in [-0.25, -0.2) is 9.97 Å². The van der Waals surface area contributed by atoms with E-state index < -0.39 is 17.6 Å². The number of hydrogen-bond donors (Lipinski definition) is 1. The molecule has 0 fully saturated rings. The Labute approximate surface area is 190 Å². The molecule has 4 aromatic rings. The van der Waals surface area contributed by atoms with E-state index in [-0.39, 0.29) is 11.4 Å². The molecule has 164 valence electrons. The summed E-state index contributed by atoms with van der Waals surface area (Å²) in [6.45, 7) is 4.11. The molecule has 0 saturated carbocycles. The van der Waals surface area contributed by atoms with Crippen LogP contribution in [0, 0.1) is 13.8 Å². The molecule has 0 spiro atoms. The maximum absolute atomic E-state index is 12.9. The first-order chi connectivity index (χ1) is 15.2. The zero-order valence-electron chi connectivity index (χ0n) is 17.2. The number of fused-ring (bicyclic) bond motifs is 1. The number of hydrogen-bond acceptors (Lipinski definition) is 5. The van der Waals surface area contributed by atoms with Gasteiger partial charge in [0.2, 0.25) is 5.91 Å². The molecule has 4 rings (SSSR count). The minimum Gasteiger partial charge on any atom is -0.325 e. The predicted octanol–water partition coefficient (Wildman–Crippen LogP) is 6.72. The Balaban J connectivity index is 1.54. The average Bonchev–Trinajstić information content (AvgIpc) is 3.19. The van der Waals surface area contributed by atoms with Crippen LogP contribution in [-0.4, -0.2) is 21.6 Å². The summed E-state index contributed by atoms with van der Waals surface area (Å²) in [5.41, 5.74) is 3.71. The second-order valence-corrected chi connectivity index (χ2v) is 9.04. The van der Waals surface area contributed by atoms with Crippen LogP contribution in [0.25, 0.3) is 21.3 Å². The van der Waals surface area contributed by atoms with Crippen molar-refractivity contribution in [3.05, 3.63) is 70.9 Å². The highest BCUT2D eigenvalue weighted by Gasteiger charge is 2.30. The Morgan fingerprint density at radius 3 is 2.66 bits per heavy atom. The summed E-state index contributed by atoms with van der Waals surface area (Å²) in [5, 5.41) is 6.08. The van der Waals surface area contributed by atoms with Crippen molar-refractivity contribution in [3.8, 4) is 11.1 Å². The summed E-state index contributed by atoms with van der Waals surface area (Å²) in [6.07, 6.45) is -3.01. The van der Waals surface area contributed by atoms with Gasteiger partial charge in [-0.15, -0.1) is 11.3 Å². The molecule has 32 heavy (non-hydrogen) atoms. The average molecular weight is 474 g/mol. The Morgan fingerprint density at radius 1 is 1.09 bits per heavy atom. The Kier molecular flexibility index (Phi) is 6.21. The minimum atomic E-state index is -4.47. The molecular weight excluding hydrogens is 455 g/mol. The molecule has 2 aromatic heterocycles. The van der Waals surface area contributed by atoms with Gasteiger partial charge in [0.1, 0.15) is 16.2 Å².